The summed E-state index contributed by atoms with van der Waals surface area (Å²) < 4.78 is 66.7. The predicted molar refractivity (Wildman–Crippen MR) is 89.6 cm³/mol. The molecule has 0 bridgehead atoms. The van der Waals surface area contributed by atoms with Crippen LogP contribution in [-0.2, 0) is 15.2 Å². The number of hydrogen-bond acceptors (Lipinski definition) is 5. The topological polar surface area (TPSA) is 69.2 Å². The highest BCUT2D eigenvalue weighted by molar-refractivity contribution is 8.13. The molecule has 5 nitrogen and oxygen atoms in total. The van der Waals surface area contributed by atoms with Gasteiger partial charge >= 0.3 is 6.18 Å². The Kier molecular flexibility index (Phi) is 4.53. The third kappa shape index (κ3) is 3.45. The van der Waals surface area contributed by atoms with Gasteiger partial charge in [-0.25, -0.2) is 8.42 Å². The van der Waals surface area contributed by atoms with Gasteiger partial charge in [-0.3, -0.25) is 0 Å². The van der Waals surface area contributed by atoms with Gasteiger partial charge in [-0.15, -0.1) is 5.10 Å². The highest BCUT2D eigenvalue weighted by Crippen LogP contribution is 2.38. The molecule has 2 aromatic carbocycles. The zero-order valence-electron chi connectivity index (χ0n) is 13.1. The first-order valence-electron chi connectivity index (χ1n) is 7.07. The molecule has 3 aromatic rings. The molecule has 0 amide bonds. The fourth-order valence-corrected chi connectivity index (χ4v) is 3.27. The van der Waals surface area contributed by atoms with Gasteiger partial charge in [0.15, 0.2) is 0 Å². The molecule has 0 radical (unpaired) electrons. The second-order valence-corrected chi connectivity index (χ2v) is 7.86. The van der Waals surface area contributed by atoms with Gasteiger partial charge < -0.3 is 4.74 Å². The van der Waals surface area contributed by atoms with E-state index in [0.717, 1.165) is 12.1 Å². The van der Waals surface area contributed by atoms with Gasteiger partial charge in [0.2, 0.25) is 0 Å². The maximum atomic E-state index is 12.9. The lowest BCUT2D eigenvalue weighted by Crippen LogP contribution is -2.05. The van der Waals surface area contributed by atoms with Gasteiger partial charge in [0.25, 0.3) is 9.05 Å². The average Bonchev–Trinajstić information content (AvgIpc) is 2.58. The van der Waals surface area contributed by atoms with E-state index in [1.165, 1.54) is 37.6 Å². The van der Waals surface area contributed by atoms with Crippen LogP contribution in [0.15, 0.2) is 47.5 Å². The molecule has 3 rings (SSSR count). The third-order valence-corrected chi connectivity index (χ3v) is 5.05. The molecule has 136 valence electrons. The lowest BCUT2D eigenvalue weighted by atomic mass is 10.0. The number of halogens is 4. The summed E-state index contributed by atoms with van der Waals surface area (Å²) in [6, 6.07) is 7.07. The summed E-state index contributed by atoms with van der Waals surface area (Å²) in [7, 11) is 2.65. The summed E-state index contributed by atoms with van der Waals surface area (Å²) in [5, 5.41) is 8.67. The molecule has 10 heteroatoms. The van der Waals surface area contributed by atoms with Gasteiger partial charge in [-0.2, -0.15) is 18.3 Å². The molecule has 1 heterocycles. The van der Waals surface area contributed by atoms with Crippen molar-refractivity contribution in [3.63, 3.8) is 0 Å². The molecule has 26 heavy (non-hydrogen) atoms. The average molecular weight is 403 g/mol. The van der Waals surface area contributed by atoms with Crippen LogP contribution in [0.4, 0.5) is 13.2 Å². The minimum atomic E-state index is -4.51. The molecule has 0 aliphatic rings. The van der Waals surface area contributed by atoms with Crippen molar-refractivity contribution in [2.75, 3.05) is 7.11 Å². The number of benzene rings is 2. The van der Waals surface area contributed by atoms with Crippen LogP contribution in [0.2, 0.25) is 0 Å². The zero-order valence-corrected chi connectivity index (χ0v) is 14.7. The number of hydrogen-bond donors (Lipinski definition) is 0. The first kappa shape index (κ1) is 18.4. The fraction of sp³-hybridized carbons (Fsp3) is 0.125. The number of alkyl halides is 3. The lowest BCUT2D eigenvalue weighted by Gasteiger charge is -2.13. The minimum absolute atomic E-state index is 0.0318. The molecule has 1 aromatic heterocycles. The van der Waals surface area contributed by atoms with E-state index in [-0.39, 0.29) is 16.3 Å². The molecule has 0 saturated carbocycles. The van der Waals surface area contributed by atoms with Crippen LogP contribution in [-0.4, -0.2) is 25.7 Å². The molecule has 0 N–H and O–H groups in total. The van der Waals surface area contributed by atoms with Crippen molar-refractivity contribution in [1.82, 2.24) is 10.2 Å². The molecule has 0 atom stereocenters. The number of rotatable bonds is 3. The summed E-state index contributed by atoms with van der Waals surface area (Å²) in [6.07, 6.45) is -3.18. The first-order chi connectivity index (χ1) is 12.1. The summed E-state index contributed by atoms with van der Waals surface area (Å²) in [5.41, 5.74) is -0.312. The maximum absolute atomic E-state index is 12.9. The predicted octanol–water partition coefficient (Wildman–Crippen LogP) is 4.25. The van der Waals surface area contributed by atoms with E-state index in [9.17, 15) is 21.6 Å². The number of aromatic nitrogens is 2. The Labute approximate surface area is 150 Å². The Morgan fingerprint density at radius 1 is 1.12 bits per heavy atom. The summed E-state index contributed by atoms with van der Waals surface area (Å²) in [5.74, 6) is -0.0318. The van der Waals surface area contributed by atoms with E-state index in [1.54, 1.807) is 0 Å². The quantitative estimate of drug-likeness (QED) is 0.612. The van der Waals surface area contributed by atoms with Gasteiger partial charge in [-0.1, -0.05) is 6.07 Å². The third-order valence-electron chi connectivity index (χ3n) is 3.70. The largest absolute Gasteiger partial charge is 0.496 e. The number of nitrogens with zero attached hydrogens (tertiary/aromatic N) is 2. The van der Waals surface area contributed by atoms with E-state index in [4.69, 9.17) is 15.4 Å². The SMILES string of the molecule is COc1cc(C(F)(F)F)ccc1-c1nncc2cc(S(=O)(=O)Cl)ccc12. The van der Waals surface area contributed by atoms with Crippen molar-refractivity contribution in [3.8, 4) is 17.0 Å². The van der Waals surface area contributed by atoms with Gasteiger partial charge in [-0.05, 0) is 30.3 Å². The van der Waals surface area contributed by atoms with Crippen molar-refractivity contribution >= 4 is 30.5 Å². The standard InChI is InChI=1S/C16H10ClF3N2O3S/c1-25-14-7-10(16(18,19)20)2-4-13(14)15-12-5-3-11(26(17,23)24)6-9(12)8-21-22-15/h2-8H,1H3. The Balaban J connectivity index is 2.23. The first-order valence-corrected chi connectivity index (χ1v) is 9.38. The van der Waals surface area contributed by atoms with Crippen LogP contribution in [0.3, 0.4) is 0 Å². The second kappa shape index (κ2) is 6.40. The second-order valence-electron chi connectivity index (χ2n) is 5.29. The number of methoxy groups -OCH3 is 1. The summed E-state index contributed by atoms with van der Waals surface area (Å²) >= 11 is 0. The molecule has 0 saturated heterocycles. The molecular formula is C16H10ClF3N2O3S. The van der Waals surface area contributed by atoms with E-state index >= 15 is 0 Å². The Morgan fingerprint density at radius 2 is 1.85 bits per heavy atom. The van der Waals surface area contributed by atoms with Crippen LogP contribution in [0.25, 0.3) is 22.0 Å². The smallest absolute Gasteiger partial charge is 0.416 e. The number of fused-ring (bicyclic) bond motifs is 1. The molecule has 0 aliphatic carbocycles. The van der Waals surface area contributed by atoms with Gasteiger partial charge in [0, 0.05) is 27.0 Å². The van der Waals surface area contributed by atoms with Crippen molar-refractivity contribution in [2.24, 2.45) is 0 Å². The molecule has 0 aliphatic heterocycles. The Bertz CT molecular complexity index is 1100. The normalized spacial score (nSPS) is 12.3. The van der Waals surface area contributed by atoms with Crippen molar-refractivity contribution < 1.29 is 26.3 Å². The number of ether oxygens (including phenoxy) is 1. The van der Waals surface area contributed by atoms with Crippen LogP contribution in [0, 0.1) is 0 Å². The molecule has 0 unspecified atom stereocenters. The molecule has 0 fully saturated rings. The van der Waals surface area contributed by atoms with E-state index in [1.807, 2.05) is 0 Å². The van der Waals surface area contributed by atoms with Crippen LogP contribution < -0.4 is 4.74 Å². The zero-order chi connectivity index (χ0) is 19.1. The van der Waals surface area contributed by atoms with E-state index in [2.05, 4.69) is 10.2 Å². The van der Waals surface area contributed by atoms with Crippen molar-refractivity contribution in [3.05, 3.63) is 48.2 Å². The highest BCUT2D eigenvalue weighted by Gasteiger charge is 2.31. The minimum Gasteiger partial charge on any atom is -0.496 e. The Morgan fingerprint density at radius 3 is 2.46 bits per heavy atom. The van der Waals surface area contributed by atoms with Crippen molar-refractivity contribution in [2.45, 2.75) is 11.1 Å². The van der Waals surface area contributed by atoms with Gasteiger partial charge in [0.05, 0.1) is 23.8 Å². The van der Waals surface area contributed by atoms with Crippen LogP contribution in [0.1, 0.15) is 5.56 Å². The Hall–Kier alpha value is -2.39. The lowest BCUT2D eigenvalue weighted by molar-refractivity contribution is -0.137. The maximum Gasteiger partial charge on any atom is 0.416 e. The van der Waals surface area contributed by atoms with E-state index < -0.39 is 20.8 Å². The van der Waals surface area contributed by atoms with Crippen molar-refractivity contribution in [1.29, 1.82) is 0 Å². The molecular weight excluding hydrogens is 393 g/mol. The molecule has 0 spiro atoms. The van der Waals surface area contributed by atoms with Crippen LogP contribution >= 0.6 is 10.7 Å². The fourth-order valence-electron chi connectivity index (χ4n) is 2.48. The van der Waals surface area contributed by atoms with E-state index in [0.29, 0.717) is 16.3 Å². The van der Waals surface area contributed by atoms with Gasteiger partial charge in [0.1, 0.15) is 11.4 Å². The monoisotopic (exact) mass is 402 g/mol. The van der Waals surface area contributed by atoms with Crippen LogP contribution in [0.5, 0.6) is 5.75 Å². The summed E-state index contributed by atoms with van der Waals surface area (Å²) in [6.45, 7) is 0. The highest BCUT2D eigenvalue weighted by atomic mass is 35.7. The summed E-state index contributed by atoms with van der Waals surface area (Å²) in [4.78, 5) is -0.120.